The summed E-state index contributed by atoms with van der Waals surface area (Å²) in [6, 6.07) is 17.8. The maximum atomic E-state index is 13.3. The van der Waals surface area contributed by atoms with Crippen molar-refractivity contribution in [3.8, 4) is 22.6 Å². The van der Waals surface area contributed by atoms with E-state index < -0.39 is 17.6 Å². The predicted molar refractivity (Wildman–Crippen MR) is 127 cm³/mol. The summed E-state index contributed by atoms with van der Waals surface area (Å²) in [6.45, 7) is 2.96. The number of carbonyl (C=O) groups excluding carboxylic acids is 1. The summed E-state index contributed by atoms with van der Waals surface area (Å²) in [4.78, 5) is 12.1. The van der Waals surface area contributed by atoms with Crippen molar-refractivity contribution in [3.63, 3.8) is 0 Å². The molecular weight excluding hydrogens is 422 g/mol. The maximum Gasteiger partial charge on any atom is 0.343 e. The van der Waals surface area contributed by atoms with Crippen LogP contribution in [0.5, 0.6) is 11.5 Å². The van der Waals surface area contributed by atoms with E-state index in [0.717, 1.165) is 42.0 Å². The molecule has 0 spiro atoms. The van der Waals surface area contributed by atoms with E-state index in [0.29, 0.717) is 5.75 Å². The molecule has 33 heavy (non-hydrogen) atoms. The Morgan fingerprint density at radius 2 is 1.27 bits per heavy atom. The Balaban J connectivity index is 1.46. The molecule has 5 heteroatoms. The zero-order valence-electron chi connectivity index (χ0n) is 19.0. The quantitative estimate of drug-likeness (QED) is 0.159. The molecule has 0 saturated heterocycles. The van der Waals surface area contributed by atoms with E-state index >= 15 is 0 Å². The van der Waals surface area contributed by atoms with E-state index in [2.05, 4.69) is 6.92 Å². The molecule has 0 heterocycles. The highest BCUT2D eigenvalue weighted by Gasteiger charge is 2.12. The van der Waals surface area contributed by atoms with Gasteiger partial charge in [-0.2, -0.15) is 0 Å². The van der Waals surface area contributed by atoms with Crippen molar-refractivity contribution in [1.29, 1.82) is 0 Å². The molecule has 0 amide bonds. The summed E-state index contributed by atoms with van der Waals surface area (Å²) in [5.74, 6) is -1.67. The SMILES string of the molecule is CCCCCCCCCOc1ccc(-c2ccc(OC(=O)c3ccc(F)c(F)c3)cc2)cc1. The average Bonchev–Trinajstić information content (AvgIpc) is 2.83. The lowest BCUT2D eigenvalue weighted by atomic mass is 10.1. The van der Waals surface area contributed by atoms with Crippen molar-refractivity contribution < 1.29 is 23.0 Å². The van der Waals surface area contributed by atoms with Crippen LogP contribution in [0, 0.1) is 11.6 Å². The number of carbonyl (C=O) groups is 1. The normalized spacial score (nSPS) is 10.8. The summed E-state index contributed by atoms with van der Waals surface area (Å²) in [5.41, 5.74) is 1.92. The van der Waals surface area contributed by atoms with Crippen LogP contribution < -0.4 is 9.47 Å². The molecule has 3 rings (SSSR count). The second kappa shape index (κ2) is 12.7. The van der Waals surface area contributed by atoms with Gasteiger partial charge in [0, 0.05) is 0 Å². The van der Waals surface area contributed by atoms with Gasteiger partial charge in [0.25, 0.3) is 0 Å². The van der Waals surface area contributed by atoms with E-state index in [4.69, 9.17) is 9.47 Å². The number of benzene rings is 3. The van der Waals surface area contributed by atoms with Crippen LogP contribution in [0.25, 0.3) is 11.1 Å². The number of unbranched alkanes of at least 4 members (excludes halogenated alkanes) is 6. The molecule has 0 aliphatic heterocycles. The summed E-state index contributed by atoms with van der Waals surface area (Å²) >= 11 is 0. The van der Waals surface area contributed by atoms with Gasteiger partial charge in [-0.25, -0.2) is 13.6 Å². The number of esters is 1. The second-order valence-corrected chi connectivity index (χ2v) is 8.04. The fraction of sp³-hybridized carbons (Fsp3) is 0.321. The van der Waals surface area contributed by atoms with Crippen molar-refractivity contribution in [1.82, 2.24) is 0 Å². The van der Waals surface area contributed by atoms with Crippen LogP contribution in [-0.4, -0.2) is 12.6 Å². The molecule has 3 nitrogen and oxygen atoms in total. The molecule has 0 saturated carbocycles. The molecule has 0 fully saturated rings. The number of hydrogen-bond donors (Lipinski definition) is 0. The first-order chi connectivity index (χ1) is 16.1. The summed E-state index contributed by atoms with van der Waals surface area (Å²) < 4.78 is 37.4. The fourth-order valence-electron chi connectivity index (χ4n) is 3.50. The zero-order chi connectivity index (χ0) is 23.5. The molecule has 0 unspecified atom stereocenters. The van der Waals surface area contributed by atoms with Gasteiger partial charge in [0.15, 0.2) is 11.6 Å². The van der Waals surface area contributed by atoms with E-state index in [-0.39, 0.29) is 5.56 Å². The van der Waals surface area contributed by atoms with E-state index in [9.17, 15) is 13.6 Å². The van der Waals surface area contributed by atoms with Crippen LogP contribution in [0.2, 0.25) is 0 Å². The average molecular weight is 453 g/mol. The third kappa shape index (κ3) is 7.70. The topological polar surface area (TPSA) is 35.5 Å². The van der Waals surface area contributed by atoms with Crippen LogP contribution >= 0.6 is 0 Å². The first-order valence-electron chi connectivity index (χ1n) is 11.6. The van der Waals surface area contributed by atoms with E-state index in [1.807, 2.05) is 36.4 Å². The molecule has 0 bridgehead atoms. The summed E-state index contributed by atoms with van der Waals surface area (Å²) in [5, 5.41) is 0. The molecule has 0 aliphatic carbocycles. The predicted octanol–water partition coefficient (Wildman–Crippen LogP) is 7.98. The molecule has 0 radical (unpaired) electrons. The molecule has 0 atom stereocenters. The van der Waals surface area contributed by atoms with Gasteiger partial charge in [-0.1, -0.05) is 69.7 Å². The van der Waals surface area contributed by atoms with Crippen LogP contribution in [-0.2, 0) is 0 Å². The standard InChI is InChI=1S/C28H30F2O3/c1-2-3-4-5-6-7-8-19-32-24-14-9-21(10-15-24)22-11-16-25(17-12-22)33-28(31)23-13-18-26(29)27(30)20-23/h9-18,20H,2-8,19H2,1H3. The number of rotatable bonds is 12. The summed E-state index contributed by atoms with van der Waals surface area (Å²) in [7, 11) is 0. The monoisotopic (exact) mass is 452 g/mol. The number of halogens is 2. The maximum absolute atomic E-state index is 13.3. The van der Waals surface area contributed by atoms with Gasteiger partial charge in [0.2, 0.25) is 0 Å². The smallest absolute Gasteiger partial charge is 0.343 e. The molecule has 0 N–H and O–H groups in total. The van der Waals surface area contributed by atoms with Gasteiger partial charge in [-0.3, -0.25) is 0 Å². The van der Waals surface area contributed by atoms with Crippen molar-refractivity contribution in [2.45, 2.75) is 51.9 Å². The van der Waals surface area contributed by atoms with Gasteiger partial charge in [0.1, 0.15) is 11.5 Å². The van der Waals surface area contributed by atoms with Crippen molar-refractivity contribution in [2.24, 2.45) is 0 Å². The van der Waals surface area contributed by atoms with Crippen molar-refractivity contribution in [3.05, 3.63) is 83.9 Å². The van der Waals surface area contributed by atoms with Gasteiger partial charge in [0.05, 0.1) is 12.2 Å². The lowest BCUT2D eigenvalue weighted by Crippen LogP contribution is -2.09. The minimum absolute atomic E-state index is 0.0509. The Labute approximate surface area is 194 Å². The zero-order valence-corrected chi connectivity index (χ0v) is 19.0. The Bertz CT molecular complexity index is 1010. The Morgan fingerprint density at radius 1 is 0.697 bits per heavy atom. The third-order valence-corrected chi connectivity index (χ3v) is 5.42. The van der Waals surface area contributed by atoms with Gasteiger partial charge in [-0.15, -0.1) is 0 Å². The second-order valence-electron chi connectivity index (χ2n) is 8.04. The Kier molecular flexibility index (Phi) is 9.43. The molecule has 0 aliphatic rings. The molecule has 0 aromatic heterocycles. The summed E-state index contributed by atoms with van der Waals surface area (Å²) in [6.07, 6.45) is 8.79. The largest absolute Gasteiger partial charge is 0.494 e. The van der Waals surface area contributed by atoms with Crippen molar-refractivity contribution >= 4 is 5.97 Å². The molecule has 174 valence electrons. The van der Waals surface area contributed by atoms with Crippen LogP contribution in [0.1, 0.15) is 62.2 Å². The first-order valence-corrected chi connectivity index (χ1v) is 11.6. The lowest BCUT2D eigenvalue weighted by molar-refractivity contribution is 0.0734. The highest BCUT2D eigenvalue weighted by Crippen LogP contribution is 2.25. The lowest BCUT2D eigenvalue weighted by Gasteiger charge is -2.09. The van der Waals surface area contributed by atoms with Crippen molar-refractivity contribution in [2.75, 3.05) is 6.61 Å². The van der Waals surface area contributed by atoms with Crippen LogP contribution in [0.4, 0.5) is 8.78 Å². The van der Waals surface area contributed by atoms with Gasteiger partial charge >= 0.3 is 5.97 Å². The minimum atomic E-state index is -1.09. The number of ether oxygens (including phenoxy) is 2. The number of hydrogen-bond acceptors (Lipinski definition) is 3. The third-order valence-electron chi connectivity index (χ3n) is 5.42. The van der Waals surface area contributed by atoms with E-state index in [1.54, 1.807) is 12.1 Å². The highest BCUT2D eigenvalue weighted by atomic mass is 19.2. The molecule has 3 aromatic carbocycles. The van der Waals surface area contributed by atoms with Crippen LogP contribution in [0.15, 0.2) is 66.7 Å². The first kappa shape index (κ1) is 24.4. The molecule has 3 aromatic rings. The molecular formula is C28H30F2O3. The minimum Gasteiger partial charge on any atom is -0.494 e. The highest BCUT2D eigenvalue weighted by molar-refractivity contribution is 5.91. The Hall–Kier alpha value is -3.21. The van der Waals surface area contributed by atoms with Crippen LogP contribution in [0.3, 0.4) is 0 Å². The fourth-order valence-corrected chi connectivity index (χ4v) is 3.50. The van der Waals surface area contributed by atoms with E-state index in [1.165, 1.54) is 44.6 Å². The van der Waals surface area contributed by atoms with Gasteiger partial charge < -0.3 is 9.47 Å². The Morgan fingerprint density at radius 3 is 1.88 bits per heavy atom. The van der Waals surface area contributed by atoms with Gasteiger partial charge in [-0.05, 0) is 60.0 Å².